The molecular formula is C14H9BrClN2S-. The number of benzene rings is 1. The van der Waals surface area contributed by atoms with Crippen molar-refractivity contribution in [3.05, 3.63) is 59.2 Å². The summed E-state index contributed by atoms with van der Waals surface area (Å²) in [5.74, 6) is 0. The summed E-state index contributed by atoms with van der Waals surface area (Å²) in [5, 5.41) is 3.73. The molecule has 0 atom stereocenters. The van der Waals surface area contributed by atoms with E-state index < -0.39 is 0 Å². The van der Waals surface area contributed by atoms with Crippen LogP contribution in [0.4, 0.5) is 0 Å². The van der Waals surface area contributed by atoms with Crippen LogP contribution >= 0.6 is 22.9 Å². The first-order valence-corrected chi connectivity index (χ1v) is 6.71. The maximum absolute atomic E-state index is 6.17. The molecular weight excluding hydrogens is 344 g/mol. The van der Waals surface area contributed by atoms with E-state index in [9.17, 15) is 0 Å². The van der Waals surface area contributed by atoms with Gasteiger partial charge in [-0.15, -0.1) is 11.3 Å². The quantitative estimate of drug-likeness (QED) is 0.699. The average molecular weight is 353 g/mol. The fraction of sp³-hybridized carbons (Fsp3) is 0. The van der Waals surface area contributed by atoms with E-state index in [0.29, 0.717) is 0 Å². The van der Waals surface area contributed by atoms with E-state index >= 15 is 0 Å². The Balaban J connectivity index is 0.00000133. The zero-order valence-electron chi connectivity index (χ0n) is 9.75. The molecule has 2 nitrogen and oxygen atoms in total. The normalized spacial score (nSPS) is 9.95. The Morgan fingerprint density at radius 1 is 1.00 bits per heavy atom. The highest BCUT2D eigenvalue weighted by Crippen LogP contribution is 2.31. The maximum Gasteiger partial charge on any atom is 0.124 e. The second-order valence-corrected chi connectivity index (χ2v) is 5.02. The molecule has 0 unspecified atom stereocenters. The van der Waals surface area contributed by atoms with E-state index in [1.165, 1.54) is 0 Å². The number of aromatic nitrogens is 2. The lowest BCUT2D eigenvalue weighted by atomic mass is 10.2. The van der Waals surface area contributed by atoms with E-state index in [2.05, 4.69) is 9.97 Å². The van der Waals surface area contributed by atoms with Gasteiger partial charge >= 0.3 is 0 Å². The van der Waals surface area contributed by atoms with Crippen LogP contribution in [0, 0.1) is 0 Å². The van der Waals surface area contributed by atoms with E-state index in [0.717, 1.165) is 26.9 Å². The van der Waals surface area contributed by atoms with E-state index in [-0.39, 0.29) is 17.0 Å². The average Bonchev–Trinajstić information content (AvgIpc) is 2.90. The zero-order chi connectivity index (χ0) is 12.4. The number of rotatable bonds is 2. The van der Waals surface area contributed by atoms with E-state index in [1.807, 2.05) is 41.8 Å². The Morgan fingerprint density at radius 3 is 2.47 bits per heavy atom. The molecule has 1 aromatic carbocycles. The molecule has 0 saturated heterocycles. The lowest BCUT2D eigenvalue weighted by Gasteiger charge is -1.99. The molecule has 5 heteroatoms. The summed E-state index contributed by atoms with van der Waals surface area (Å²) in [6, 6.07) is 11.6. The van der Waals surface area contributed by atoms with Gasteiger partial charge in [-0.25, -0.2) is 4.98 Å². The molecule has 0 aliphatic carbocycles. The Labute approximate surface area is 130 Å². The zero-order valence-corrected chi connectivity index (χ0v) is 12.9. The van der Waals surface area contributed by atoms with Crippen molar-refractivity contribution in [1.82, 2.24) is 9.97 Å². The molecule has 2 aromatic heterocycles. The molecule has 2 heterocycles. The first kappa shape index (κ1) is 14.2. The molecule has 19 heavy (non-hydrogen) atoms. The first-order chi connectivity index (χ1) is 8.84. The second-order valence-electron chi connectivity index (χ2n) is 3.75. The van der Waals surface area contributed by atoms with Gasteiger partial charge in [0.15, 0.2) is 0 Å². The molecule has 0 bridgehead atoms. The number of pyridine rings is 1. The third-order valence-electron chi connectivity index (χ3n) is 2.58. The topological polar surface area (TPSA) is 25.8 Å². The third-order valence-corrected chi connectivity index (χ3v) is 3.80. The van der Waals surface area contributed by atoms with Crippen LogP contribution in [0.1, 0.15) is 0 Å². The van der Waals surface area contributed by atoms with Crippen molar-refractivity contribution < 1.29 is 17.0 Å². The van der Waals surface area contributed by atoms with Crippen molar-refractivity contribution in [3.8, 4) is 21.8 Å². The van der Waals surface area contributed by atoms with Crippen molar-refractivity contribution in [2.24, 2.45) is 0 Å². The summed E-state index contributed by atoms with van der Waals surface area (Å²) in [7, 11) is 0. The number of hydrogen-bond donors (Lipinski definition) is 0. The molecule has 0 aliphatic rings. The van der Waals surface area contributed by atoms with Gasteiger partial charge in [-0.05, 0) is 18.2 Å². The minimum absolute atomic E-state index is 0. The van der Waals surface area contributed by atoms with Gasteiger partial charge in [0.2, 0.25) is 0 Å². The number of halogens is 2. The molecule has 0 amide bonds. The number of hydrogen-bond acceptors (Lipinski definition) is 3. The summed E-state index contributed by atoms with van der Waals surface area (Å²) >= 11 is 7.78. The Kier molecular flexibility index (Phi) is 4.69. The molecule has 0 radical (unpaired) electrons. The van der Waals surface area contributed by atoms with Crippen molar-refractivity contribution in [3.63, 3.8) is 0 Å². The Morgan fingerprint density at radius 2 is 1.74 bits per heavy atom. The van der Waals surface area contributed by atoms with Gasteiger partial charge in [0.25, 0.3) is 0 Å². The van der Waals surface area contributed by atoms with Crippen molar-refractivity contribution in [2.75, 3.05) is 0 Å². The summed E-state index contributed by atoms with van der Waals surface area (Å²) in [5.41, 5.74) is 2.96. The van der Waals surface area contributed by atoms with Gasteiger partial charge in [-0.3, -0.25) is 4.98 Å². The number of thiazole rings is 1. The second kappa shape index (κ2) is 6.28. The van der Waals surface area contributed by atoms with Crippen LogP contribution in [0.5, 0.6) is 0 Å². The summed E-state index contributed by atoms with van der Waals surface area (Å²) in [6.45, 7) is 0. The molecule has 0 N–H and O–H groups in total. The standard InChI is InChI=1S/C14H9ClN2S.BrH/c15-12-4-2-1-3-11(12)13-9-18-14(17-13)10-5-7-16-8-6-10;/h1-9H;1H/p-1. The highest BCUT2D eigenvalue weighted by Gasteiger charge is 2.08. The van der Waals surface area contributed by atoms with Crippen molar-refractivity contribution in [2.45, 2.75) is 0 Å². The predicted octanol–water partition coefficient (Wildman–Crippen LogP) is 1.53. The largest absolute Gasteiger partial charge is 1.00 e. The minimum Gasteiger partial charge on any atom is -1.00 e. The van der Waals surface area contributed by atoms with Crippen LogP contribution in [0.2, 0.25) is 5.02 Å². The molecule has 3 rings (SSSR count). The Hall–Kier alpha value is -1.23. The molecule has 96 valence electrons. The smallest absolute Gasteiger partial charge is 0.124 e. The third kappa shape index (κ3) is 3.03. The van der Waals surface area contributed by atoms with Crippen LogP contribution < -0.4 is 17.0 Å². The van der Waals surface area contributed by atoms with Gasteiger partial charge in [0.05, 0.1) is 5.69 Å². The van der Waals surface area contributed by atoms with Crippen LogP contribution in [0.25, 0.3) is 21.8 Å². The van der Waals surface area contributed by atoms with Crippen molar-refractivity contribution >= 4 is 22.9 Å². The van der Waals surface area contributed by atoms with Crippen LogP contribution in [-0.2, 0) is 0 Å². The van der Waals surface area contributed by atoms with Gasteiger partial charge < -0.3 is 17.0 Å². The summed E-state index contributed by atoms with van der Waals surface area (Å²) in [4.78, 5) is 8.62. The fourth-order valence-corrected chi connectivity index (χ4v) is 2.75. The first-order valence-electron chi connectivity index (χ1n) is 5.45. The van der Waals surface area contributed by atoms with Gasteiger partial charge in [0, 0.05) is 33.9 Å². The molecule has 0 spiro atoms. The predicted molar refractivity (Wildman–Crippen MR) is 75.8 cm³/mol. The lowest BCUT2D eigenvalue weighted by Crippen LogP contribution is -3.00. The lowest BCUT2D eigenvalue weighted by molar-refractivity contribution is -0.00000345. The van der Waals surface area contributed by atoms with Crippen LogP contribution in [-0.4, -0.2) is 9.97 Å². The van der Waals surface area contributed by atoms with Crippen LogP contribution in [0.15, 0.2) is 54.2 Å². The van der Waals surface area contributed by atoms with Crippen molar-refractivity contribution in [1.29, 1.82) is 0 Å². The highest BCUT2D eigenvalue weighted by molar-refractivity contribution is 7.13. The number of nitrogens with zero attached hydrogens (tertiary/aromatic N) is 2. The fourth-order valence-electron chi connectivity index (χ4n) is 1.69. The van der Waals surface area contributed by atoms with Gasteiger partial charge in [-0.2, -0.15) is 0 Å². The Bertz CT molecular complexity index is 670. The monoisotopic (exact) mass is 351 g/mol. The minimum atomic E-state index is 0. The SMILES string of the molecule is Clc1ccccc1-c1csc(-c2ccncc2)n1.[Br-]. The van der Waals surface area contributed by atoms with Crippen LogP contribution in [0.3, 0.4) is 0 Å². The van der Waals surface area contributed by atoms with E-state index in [4.69, 9.17) is 11.6 Å². The molecule has 0 saturated carbocycles. The summed E-state index contributed by atoms with van der Waals surface area (Å²) in [6.07, 6.45) is 3.54. The van der Waals surface area contributed by atoms with Gasteiger partial charge in [0.1, 0.15) is 5.01 Å². The molecule has 0 aliphatic heterocycles. The van der Waals surface area contributed by atoms with Gasteiger partial charge in [-0.1, -0.05) is 29.8 Å². The molecule has 0 fully saturated rings. The molecule has 3 aromatic rings. The maximum atomic E-state index is 6.17. The van der Waals surface area contributed by atoms with E-state index in [1.54, 1.807) is 23.7 Å². The summed E-state index contributed by atoms with van der Waals surface area (Å²) < 4.78 is 0. The highest BCUT2D eigenvalue weighted by atomic mass is 79.9.